The molecular weight excluding hydrogens is 492 g/mol. The molecule has 2 heterocycles. The molecule has 0 aliphatic carbocycles. The predicted molar refractivity (Wildman–Crippen MR) is 135 cm³/mol. The average molecular weight is 521 g/mol. The number of hydrogen-bond donors (Lipinski definition) is 0. The minimum Gasteiger partial charge on any atom is -0.493 e. The summed E-state index contributed by atoms with van der Waals surface area (Å²) in [5.41, 5.74) is 2.79. The standard InChI is InChI=1S/C19H17BrN4O3S.2C2H6/c1-25-15-8-12(9-16(26-2)17(15)27-3)18-21-22-19-24(18)23-14(10-28-19)11-4-6-13(20)7-5-11;2*1-2/h4-9H,10H2,1-3H3;2*1-2H3. The van der Waals surface area contributed by atoms with Gasteiger partial charge < -0.3 is 14.2 Å². The molecule has 0 saturated carbocycles. The molecule has 0 unspecified atom stereocenters. The molecule has 0 bridgehead atoms. The second-order valence-electron chi connectivity index (χ2n) is 5.87. The number of rotatable bonds is 5. The summed E-state index contributed by atoms with van der Waals surface area (Å²) in [5, 5.41) is 14.2. The third-order valence-electron chi connectivity index (χ3n) is 4.27. The average Bonchev–Trinajstić information content (AvgIpc) is 3.29. The summed E-state index contributed by atoms with van der Waals surface area (Å²) < 4.78 is 19.1. The molecule has 2 aromatic carbocycles. The third kappa shape index (κ3) is 5.45. The molecule has 3 aromatic rings. The first kappa shape index (κ1) is 25.7. The van der Waals surface area contributed by atoms with Crippen LogP contribution in [-0.2, 0) is 0 Å². The Morgan fingerprint density at radius 3 is 1.97 bits per heavy atom. The minimum atomic E-state index is 0.528. The highest BCUT2D eigenvalue weighted by Gasteiger charge is 2.23. The third-order valence-corrected chi connectivity index (χ3v) is 5.73. The minimum absolute atomic E-state index is 0.528. The normalized spacial score (nSPS) is 11.7. The van der Waals surface area contributed by atoms with Crippen molar-refractivity contribution in [1.29, 1.82) is 0 Å². The van der Waals surface area contributed by atoms with Crippen LogP contribution in [0.1, 0.15) is 33.3 Å². The van der Waals surface area contributed by atoms with Crippen molar-refractivity contribution in [1.82, 2.24) is 14.9 Å². The molecule has 1 aliphatic rings. The monoisotopic (exact) mass is 520 g/mol. The molecule has 32 heavy (non-hydrogen) atoms. The van der Waals surface area contributed by atoms with Crippen LogP contribution in [0, 0.1) is 0 Å². The van der Waals surface area contributed by atoms with Crippen molar-refractivity contribution in [2.24, 2.45) is 5.10 Å². The number of benzene rings is 2. The van der Waals surface area contributed by atoms with Crippen LogP contribution in [0.15, 0.2) is 51.1 Å². The van der Waals surface area contributed by atoms with Crippen LogP contribution in [0.4, 0.5) is 0 Å². The molecule has 4 rings (SSSR count). The molecule has 172 valence electrons. The molecule has 9 heteroatoms. The summed E-state index contributed by atoms with van der Waals surface area (Å²) in [6.07, 6.45) is 0. The molecule has 0 spiro atoms. The van der Waals surface area contributed by atoms with E-state index in [2.05, 4.69) is 26.1 Å². The van der Waals surface area contributed by atoms with Crippen LogP contribution in [-0.4, -0.2) is 47.7 Å². The number of fused-ring (bicyclic) bond motifs is 1. The zero-order valence-corrected chi connectivity index (χ0v) is 21.9. The molecule has 1 aliphatic heterocycles. The summed E-state index contributed by atoms with van der Waals surface area (Å²) in [7, 11) is 4.74. The number of nitrogens with zero attached hydrogens (tertiary/aromatic N) is 4. The van der Waals surface area contributed by atoms with E-state index in [0.29, 0.717) is 23.1 Å². The van der Waals surface area contributed by atoms with E-state index >= 15 is 0 Å². The quantitative estimate of drug-likeness (QED) is 0.402. The fourth-order valence-electron chi connectivity index (χ4n) is 2.90. The van der Waals surface area contributed by atoms with Crippen LogP contribution < -0.4 is 14.2 Å². The second-order valence-corrected chi connectivity index (χ2v) is 7.73. The molecule has 7 nitrogen and oxygen atoms in total. The fourth-order valence-corrected chi connectivity index (χ4v) is 4.00. The first-order chi connectivity index (χ1) is 15.6. The molecule has 0 atom stereocenters. The molecule has 0 fully saturated rings. The van der Waals surface area contributed by atoms with Gasteiger partial charge in [-0.25, -0.2) is 0 Å². The van der Waals surface area contributed by atoms with Crippen molar-refractivity contribution in [2.75, 3.05) is 27.1 Å². The van der Waals surface area contributed by atoms with Crippen LogP contribution in [0.5, 0.6) is 17.2 Å². The first-order valence-corrected chi connectivity index (χ1v) is 12.1. The summed E-state index contributed by atoms with van der Waals surface area (Å²) in [6, 6.07) is 11.8. The number of ether oxygens (including phenoxy) is 3. The van der Waals surface area contributed by atoms with Crippen molar-refractivity contribution in [3.63, 3.8) is 0 Å². The smallest absolute Gasteiger partial charge is 0.212 e. The van der Waals surface area contributed by atoms with E-state index in [1.54, 1.807) is 37.8 Å². The van der Waals surface area contributed by atoms with Crippen molar-refractivity contribution >= 4 is 33.4 Å². The lowest BCUT2D eigenvalue weighted by Crippen LogP contribution is -2.13. The van der Waals surface area contributed by atoms with Gasteiger partial charge in [0, 0.05) is 15.8 Å². The zero-order valence-electron chi connectivity index (χ0n) is 19.5. The lowest BCUT2D eigenvalue weighted by molar-refractivity contribution is 0.324. The van der Waals surface area contributed by atoms with E-state index in [9.17, 15) is 0 Å². The van der Waals surface area contributed by atoms with Gasteiger partial charge in [0.05, 0.1) is 27.0 Å². The number of thioether (sulfide) groups is 1. The number of halogens is 1. The largest absolute Gasteiger partial charge is 0.493 e. The van der Waals surface area contributed by atoms with Gasteiger partial charge in [-0.2, -0.15) is 9.78 Å². The Balaban J connectivity index is 0.000000860. The highest BCUT2D eigenvalue weighted by Crippen LogP contribution is 2.41. The van der Waals surface area contributed by atoms with E-state index in [-0.39, 0.29) is 0 Å². The summed E-state index contributed by atoms with van der Waals surface area (Å²) >= 11 is 5.06. The lowest BCUT2D eigenvalue weighted by Gasteiger charge is -2.16. The Hall–Kier alpha value is -2.52. The Morgan fingerprint density at radius 1 is 0.844 bits per heavy atom. The Kier molecular flexibility index (Phi) is 10.1. The Bertz CT molecular complexity index is 1030. The zero-order chi connectivity index (χ0) is 23.7. The second kappa shape index (κ2) is 12.5. The molecule has 0 amide bonds. The number of aromatic nitrogens is 3. The summed E-state index contributed by atoms with van der Waals surface area (Å²) in [6.45, 7) is 8.00. The molecular formula is C23H29BrN4O3S. The van der Waals surface area contributed by atoms with Gasteiger partial charge in [-0.1, -0.05) is 67.5 Å². The molecule has 0 saturated heterocycles. The predicted octanol–water partition coefficient (Wildman–Crippen LogP) is 6.14. The van der Waals surface area contributed by atoms with E-state index in [1.165, 1.54) is 0 Å². The SMILES string of the molecule is CC.CC.COc1cc(-c2nnc3n2N=C(c2ccc(Br)cc2)CS3)cc(OC)c1OC. The first-order valence-electron chi connectivity index (χ1n) is 10.4. The van der Waals surface area contributed by atoms with Crippen molar-refractivity contribution in [2.45, 2.75) is 32.9 Å². The van der Waals surface area contributed by atoms with Crippen LogP contribution in [0.25, 0.3) is 11.4 Å². The van der Waals surface area contributed by atoms with Gasteiger partial charge in [0.25, 0.3) is 0 Å². The molecule has 0 radical (unpaired) electrons. The van der Waals surface area contributed by atoms with Gasteiger partial charge in [-0.05, 0) is 29.8 Å². The van der Waals surface area contributed by atoms with Gasteiger partial charge in [-0.15, -0.1) is 10.2 Å². The van der Waals surface area contributed by atoms with Crippen LogP contribution in [0.2, 0.25) is 0 Å². The van der Waals surface area contributed by atoms with Gasteiger partial charge in [-0.3, -0.25) is 0 Å². The maximum atomic E-state index is 5.46. The highest BCUT2D eigenvalue weighted by molar-refractivity contribution is 9.10. The van der Waals surface area contributed by atoms with Crippen molar-refractivity contribution < 1.29 is 14.2 Å². The van der Waals surface area contributed by atoms with Crippen LogP contribution in [0.3, 0.4) is 0 Å². The summed E-state index contributed by atoms with van der Waals surface area (Å²) in [4.78, 5) is 0. The number of methoxy groups -OCH3 is 3. The van der Waals surface area contributed by atoms with Gasteiger partial charge in [0.2, 0.25) is 10.9 Å². The van der Waals surface area contributed by atoms with Gasteiger partial charge >= 0.3 is 0 Å². The van der Waals surface area contributed by atoms with Gasteiger partial charge in [0.1, 0.15) is 0 Å². The maximum absolute atomic E-state index is 5.46. The topological polar surface area (TPSA) is 70.8 Å². The highest BCUT2D eigenvalue weighted by atomic mass is 79.9. The summed E-state index contributed by atoms with van der Waals surface area (Å²) in [5.74, 6) is 2.97. The van der Waals surface area contributed by atoms with E-state index in [0.717, 1.165) is 32.2 Å². The van der Waals surface area contributed by atoms with Crippen LogP contribution >= 0.6 is 27.7 Å². The van der Waals surface area contributed by atoms with Crippen molar-refractivity contribution in [3.05, 3.63) is 46.4 Å². The molecule has 1 aromatic heterocycles. The maximum Gasteiger partial charge on any atom is 0.212 e. The van der Waals surface area contributed by atoms with E-state index < -0.39 is 0 Å². The Morgan fingerprint density at radius 2 is 1.44 bits per heavy atom. The number of hydrogen-bond acceptors (Lipinski definition) is 7. The fraction of sp³-hybridized carbons (Fsp3) is 0.348. The van der Waals surface area contributed by atoms with E-state index in [4.69, 9.17) is 19.3 Å². The van der Waals surface area contributed by atoms with Gasteiger partial charge in [0.15, 0.2) is 17.3 Å². The van der Waals surface area contributed by atoms with E-state index in [1.807, 2.05) is 64.1 Å². The Labute approximate surface area is 202 Å². The lowest BCUT2D eigenvalue weighted by atomic mass is 10.1. The van der Waals surface area contributed by atoms with Crippen molar-refractivity contribution in [3.8, 4) is 28.6 Å². The molecule has 0 N–H and O–H groups in total.